The summed E-state index contributed by atoms with van der Waals surface area (Å²) < 4.78 is 10.8. The lowest BCUT2D eigenvalue weighted by Crippen LogP contribution is -2.13. The van der Waals surface area contributed by atoms with Gasteiger partial charge in [0, 0.05) is 6.61 Å². The normalized spacial score (nSPS) is 22.1. The summed E-state index contributed by atoms with van der Waals surface area (Å²) in [6, 6.07) is 6.00. The van der Waals surface area contributed by atoms with Crippen molar-refractivity contribution in [1.29, 1.82) is 0 Å². The highest BCUT2D eigenvalue weighted by Gasteiger charge is 2.26. The molecular weight excluding hydrogens is 224 g/mol. The second-order valence-corrected chi connectivity index (χ2v) is 4.65. The molecule has 0 radical (unpaired) electrons. The molecule has 1 aromatic rings. The first-order valence-corrected chi connectivity index (χ1v) is 6.06. The van der Waals surface area contributed by atoms with Crippen molar-refractivity contribution in [2.24, 2.45) is 0 Å². The van der Waals surface area contributed by atoms with E-state index in [1.807, 2.05) is 18.2 Å². The summed E-state index contributed by atoms with van der Waals surface area (Å²) >= 11 is 6.45. The minimum Gasteiger partial charge on any atom is -0.497 e. The predicted octanol–water partition coefficient (Wildman–Crippen LogP) is 3.46. The number of hydrogen-bond donors (Lipinski definition) is 0. The van der Waals surface area contributed by atoms with Gasteiger partial charge in [-0.3, -0.25) is 0 Å². The van der Waals surface area contributed by atoms with Crippen LogP contribution in [0.2, 0.25) is 0 Å². The Morgan fingerprint density at radius 3 is 2.88 bits per heavy atom. The van der Waals surface area contributed by atoms with Gasteiger partial charge in [-0.25, -0.2) is 0 Å². The predicted molar refractivity (Wildman–Crippen MR) is 65.3 cm³/mol. The first-order valence-electron chi connectivity index (χ1n) is 5.62. The van der Waals surface area contributed by atoms with E-state index in [1.165, 1.54) is 0 Å². The van der Waals surface area contributed by atoms with Crippen LogP contribution in [-0.4, -0.2) is 19.8 Å². The van der Waals surface area contributed by atoms with Crippen LogP contribution in [0.15, 0.2) is 18.2 Å². The van der Waals surface area contributed by atoms with E-state index >= 15 is 0 Å². The molecule has 0 spiro atoms. The van der Waals surface area contributed by atoms with Gasteiger partial charge in [0.2, 0.25) is 0 Å². The maximum atomic E-state index is 6.45. The standard InChI is InChI=1S/C13H17ClO2/c1-9-8-10(15-2)5-6-11(9)13(14)12-4-3-7-16-12/h5-6,8,12-13H,3-4,7H2,1-2H3. The second kappa shape index (κ2) is 5.07. The molecule has 16 heavy (non-hydrogen) atoms. The van der Waals surface area contributed by atoms with Crippen molar-refractivity contribution in [1.82, 2.24) is 0 Å². The van der Waals surface area contributed by atoms with E-state index in [4.69, 9.17) is 21.1 Å². The first kappa shape index (κ1) is 11.7. The third-order valence-electron chi connectivity index (χ3n) is 3.07. The van der Waals surface area contributed by atoms with Crippen LogP contribution in [0.25, 0.3) is 0 Å². The summed E-state index contributed by atoms with van der Waals surface area (Å²) in [7, 11) is 1.67. The fraction of sp³-hybridized carbons (Fsp3) is 0.538. The molecule has 2 rings (SSSR count). The van der Waals surface area contributed by atoms with Crippen molar-refractivity contribution in [3.63, 3.8) is 0 Å². The number of halogens is 1. The molecule has 0 aliphatic carbocycles. The van der Waals surface area contributed by atoms with Crippen LogP contribution in [0.4, 0.5) is 0 Å². The number of rotatable bonds is 3. The summed E-state index contributed by atoms with van der Waals surface area (Å²) in [5.74, 6) is 0.873. The van der Waals surface area contributed by atoms with Crippen molar-refractivity contribution in [3.05, 3.63) is 29.3 Å². The zero-order valence-corrected chi connectivity index (χ0v) is 10.5. The third-order valence-corrected chi connectivity index (χ3v) is 3.58. The lowest BCUT2D eigenvalue weighted by Gasteiger charge is -2.19. The minimum atomic E-state index is -0.0478. The van der Waals surface area contributed by atoms with E-state index in [-0.39, 0.29) is 11.5 Å². The molecule has 0 amide bonds. The SMILES string of the molecule is COc1ccc(C(Cl)C2CCCO2)c(C)c1. The van der Waals surface area contributed by atoms with Crippen molar-refractivity contribution >= 4 is 11.6 Å². The van der Waals surface area contributed by atoms with E-state index in [9.17, 15) is 0 Å². The van der Waals surface area contributed by atoms with Crippen LogP contribution in [0.5, 0.6) is 5.75 Å². The van der Waals surface area contributed by atoms with Crippen molar-refractivity contribution in [3.8, 4) is 5.75 Å². The Morgan fingerprint density at radius 1 is 1.50 bits per heavy atom. The number of methoxy groups -OCH3 is 1. The monoisotopic (exact) mass is 240 g/mol. The molecule has 0 saturated carbocycles. The van der Waals surface area contributed by atoms with Gasteiger partial charge in [-0.2, -0.15) is 0 Å². The highest BCUT2D eigenvalue weighted by molar-refractivity contribution is 6.21. The van der Waals surface area contributed by atoms with E-state index < -0.39 is 0 Å². The van der Waals surface area contributed by atoms with Crippen LogP contribution in [0, 0.1) is 6.92 Å². The van der Waals surface area contributed by atoms with Crippen LogP contribution >= 0.6 is 11.6 Å². The van der Waals surface area contributed by atoms with Crippen LogP contribution in [0.1, 0.15) is 29.3 Å². The number of hydrogen-bond acceptors (Lipinski definition) is 2. The molecule has 0 N–H and O–H groups in total. The molecule has 1 saturated heterocycles. The number of aryl methyl sites for hydroxylation is 1. The Balaban J connectivity index is 2.19. The zero-order chi connectivity index (χ0) is 11.5. The highest BCUT2D eigenvalue weighted by atomic mass is 35.5. The maximum Gasteiger partial charge on any atom is 0.119 e. The lowest BCUT2D eigenvalue weighted by molar-refractivity contribution is 0.107. The molecule has 3 heteroatoms. The van der Waals surface area contributed by atoms with Crippen LogP contribution < -0.4 is 4.74 Å². The van der Waals surface area contributed by atoms with E-state index in [1.54, 1.807) is 7.11 Å². The van der Waals surface area contributed by atoms with Crippen molar-refractivity contribution in [2.75, 3.05) is 13.7 Å². The molecule has 1 aromatic carbocycles. The van der Waals surface area contributed by atoms with Gasteiger partial charge in [-0.1, -0.05) is 6.07 Å². The largest absolute Gasteiger partial charge is 0.497 e. The molecule has 1 heterocycles. The van der Waals surface area contributed by atoms with E-state index in [2.05, 4.69) is 6.92 Å². The van der Waals surface area contributed by atoms with Gasteiger partial charge in [0.1, 0.15) is 5.75 Å². The average molecular weight is 241 g/mol. The van der Waals surface area contributed by atoms with Gasteiger partial charge < -0.3 is 9.47 Å². The van der Waals surface area contributed by atoms with Crippen LogP contribution in [-0.2, 0) is 4.74 Å². The maximum absolute atomic E-state index is 6.45. The van der Waals surface area contributed by atoms with Gasteiger partial charge in [-0.05, 0) is 43.0 Å². The molecule has 1 aliphatic heterocycles. The van der Waals surface area contributed by atoms with Gasteiger partial charge in [0.05, 0.1) is 18.6 Å². The second-order valence-electron chi connectivity index (χ2n) is 4.18. The topological polar surface area (TPSA) is 18.5 Å². The Kier molecular flexibility index (Phi) is 3.72. The Hall–Kier alpha value is -0.730. The minimum absolute atomic E-state index is 0.0478. The molecule has 2 atom stereocenters. The van der Waals surface area contributed by atoms with Crippen molar-refractivity contribution in [2.45, 2.75) is 31.2 Å². The van der Waals surface area contributed by atoms with Gasteiger partial charge in [-0.15, -0.1) is 11.6 Å². The summed E-state index contributed by atoms with van der Waals surface area (Å²) in [6.07, 6.45) is 2.33. The Labute approximate surface area is 102 Å². The van der Waals surface area contributed by atoms with Crippen molar-refractivity contribution < 1.29 is 9.47 Å². The lowest BCUT2D eigenvalue weighted by atomic mass is 10.0. The van der Waals surface area contributed by atoms with Crippen LogP contribution in [0.3, 0.4) is 0 Å². The molecular formula is C13H17ClO2. The molecule has 1 fully saturated rings. The molecule has 1 aliphatic rings. The highest BCUT2D eigenvalue weighted by Crippen LogP contribution is 2.34. The molecule has 88 valence electrons. The zero-order valence-electron chi connectivity index (χ0n) is 9.70. The molecule has 2 unspecified atom stereocenters. The fourth-order valence-electron chi connectivity index (χ4n) is 2.12. The molecule has 0 aromatic heterocycles. The van der Waals surface area contributed by atoms with E-state index in [0.29, 0.717) is 0 Å². The summed E-state index contributed by atoms with van der Waals surface area (Å²) in [4.78, 5) is 0. The number of benzene rings is 1. The van der Waals surface area contributed by atoms with Gasteiger partial charge >= 0.3 is 0 Å². The number of alkyl halides is 1. The van der Waals surface area contributed by atoms with Gasteiger partial charge in [0.25, 0.3) is 0 Å². The summed E-state index contributed by atoms with van der Waals surface area (Å²) in [5, 5.41) is -0.0478. The molecule has 2 nitrogen and oxygen atoms in total. The molecule has 0 bridgehead atoms. The Bertz CT molecular complexity index is 359. The number of ether oxygens (including phenoxy) is 2. The third kappa shape index (κ3) is 2.33. The smallest absolute Gasteiger partial charge is 0.119 e. The first-order chi connectivity index (χ1) is 7.72. The fourth-order valence-corrected chi connectivity index (χ4v) is 2.56. The quantitative estimate of drug-likeness (QED) is 0.754. The Morgan fingerprint density at radius 2 is 2.31 bits per heavy atom. The average Bonchev–Trinajstić information content (AvgIpc) is 2.81. The van der Waals surface area contributed by atoms with E-state index in [0.717, 1.165) is 36.3 Å². The summed E-state index contributed by atoms with van der Waals surface area (Å²) in [5.41, 5.74) is 2.31. The van der Waals surface area contributed by atoms with Gasteiger partial charge in [0.15, 0.2) is 0 Å². The summed E-state index contributed by atoms with van der Waals surface area (Å²) in [6.45, 7) is 2.89.